The molecule has 13 heavy (non-hydrogen) atoms. The van der Waals surface area contributed by atoms with Gasteiger partial charge in [0.15, 0.2) is 5.58 Å². The fourth-order valence-electron chi connectivity index (χ4n) is 1.28. The molecule has 0 aromatic carbocycles. The van der Waals surface area contributed by atoms with Gasteiger partial charge in [-0.25, -0.2) is 4.98 Å². The molecule has 0 unspecified atom stereocenters. The Morgan fingerprint density at radius 1 is 1.31 bits per heavy atom. The summed E-state index contributed by atoms with van der Waals surface area (Å²) >= 11 is 0. The zero-order chi connectivity index (χ0) is 8.67. The van der Waals surface area contributed by atoms with Crippen LogP contribution >= 0.6 is 0 Å². The predicted octanol–water partition coefficient (Wildman–Crippen LogP) is 1.17. The van der Waals surface area contributed by atoms with Crippen LogP contribution in [0.1, 0.15) is 0 Å². The molecule has 0 fully saturated rings. The molecule has 3 aromatic heterocycles. The van der Waals surface area contributed by atoms with Crippen LogP contribution in [-0.4, -0.2) is 20.2 Å². The topological polar surface area (TPSA) is 64.7 Å². The van der Waals surface area contributed by atoms with E-state index in [-0.39, 0.29) is 0 Å². The van der Waals surface area contributed by atoms with Gasteiger partial charge in [0.05, 0.1) is 11.6 Å². The van der Waals surface area contributed by atoms with E-state index < -0.39 is 0 Å². The van der Waals surface area contributed by atoms with Gasteiger partial charge >= 0.3 is 0 Å². The van der Waals surface area contributed by atoms with Crippen LogP contribution in [0.2, 0.25) is 0 Å². The molecule has 3 heterocycles. The van der Waals surface area contributed by atoms with Crippen molar-refractivity contribution in [2.24, 2.45) is 0 Å². The fraction of sp³-hybridized carbons (Fsp3) is 0. The average molecular weight is 172 g/mol. The molecular formula is C8H4N4O. The van der Waals surface area contributed by atoms with E-state index in [4.69, 9.17) is 4.42 Å². The Bertz CT molecular complexity index is 524. The second-order valence-electron chi connectivity index (χ2n) is 2.59. The maximum atomic E-state index is 5.35. The third-order valence-electron chi connectivity index (χ3n) is 1.84. The molecule has 0 amide bonds. The minimum atomic E-state index is 0.450. The lowest BCUT2D eigenvalue weighted by molar-refractivity contribution is 0.641. The summed E-state index contributed by atoms with van der Waals surface area (Å²) in [6.07, 6.45) is 4.73. The SMILES string of the molecule is c1cc2c(cn1)oc1nncnc12. The summed E-state index contributed by atoms with van der Waals surface area (Å²) in [5.74, 6) is 0. The van der Waals surface area contributed by atoms with E-state index in [1.54, 1.807) is 12.4 Å². The van der Waals surface area contributed by atoms with Gasteiger partial charge in [-0.1, -0.05) is 0 Å². The van der Waals surface area contributed by atoms with Crippen molar-refractivity contribution in [3.05, 3.63) is 24.8 Å². The zero-order valence-corrected chi connectivity index (χ0v) is 6.51. The Morgan fingerprint density at radius 3 is 3.31 bits per heavy atom. The highest BCUT2D eigenvalue weighted by Gasteiger charge is 2.07. The molecule has 0 N–H and O–H groups in total. The summed E-state index contributed by atoms with van der Waals surface area (Å²) in [5.41, 5.74) is 1.86. The third-order valence-corrected chi connectivity index (χ3v) is 1.84. The van der Waals surface area contributed by atoms with Gasteiger partial charge in [0.2, 0.25) is 0 Å². The van der Waals surface area contributed by atoms with Crippen molar-refractivity contribution in [1.82, 2.24) is 20.2 Å². The number of nitrogens with zero attached hydrogens (tertiary/aromatic N) is 4. The molecule has 3 rings (SSSR count). The first-order valence-electron chi connectivity index (χ1n) is 3.75. The standard InChI is InChI=1S/C8H4N4O/c1-2-9-3-6-5(1)7-8(13-6)12-11-4-10-7/h1-4H. The number of furan rings is 1. The monoisotopic (exact) mass is 172 g/mol. The van der Waals surface area contributed by atoms with Crippen molar-refractivity contribution in [2.45, 2.75) is 0 Å². The molecule has 0 radical (unpaired) electrons. The van der Waals surface area contributed by atoms with Gasteiger partial charge in [0.25, 0.3) is 5.71 Å². The highest BCUT2D eigenvalue weighted by molar-refractivity contribution is 5.99. The van der Waals surface area contributed by atoms with Crippen molar-refractivity contribution in [3.8, 4) is 0 Å². The first kappa shape index (κ1) is 6.47. The van der Waals surface area contributed by atoms with Crippen molar-refractivity contribution in [1.29, 1.82) is 0 Å². The van der Waals surface area contributed by atoms with Crippen LogP contribution in [-0.2, 0) is 0 Å². The van der Waals surface area contributed by atoms with Crippen LogP contribution in [0.5, 0.6) is 0 Å². The van der Waals surface area contributed by atoms with E-state index >= 15 is 0 Å². The van der Waals surface area contributed by atoms with Crippen molar-refractivity contribution >= 4 is 22.2 Å². The normalized spacial score (nSPS) is 11.1. The Balaban J connectivity index is 2.64. The number of rotatable bonds is 0. The molecule has 3 aromatic rings. The maximum Gasteiger partial charge on any atom is 0.265 e. The van der Waals surface area contributed by atoms with E-state index in [0.717, 1.165) is 10.9 Å². The lowest BCUT2D eigenvalue weighted by Crippen LogP contribution is -1.81. The van der Waals surface area contributed by atoms with E-state index in [9.17, 15) is 0 Å². The summed E-state index contributed by atoms with van der Waals surface area (Å²) < 4.78 is 5.35. The highest BCUT2D eigenvalue weighted by atomic mass is 16.3. The van der Waals surface area contributed by atoms with Crippen molar-refractivity contribution in [3.63, 3.8) is 0 Å². The predicted molar refractivity (Wildman–Crippen MR) is 44.9 cm³/mol. The van der Waals surface area contributed by atoms with E-state index in [0.29, 0.717) is 11.3 Å². The van der Waals surface area contributed by atoms with Crippen molar-refractivity contribution in [2.75, 3.05) is 0 Å². The van der Waals surface area contributed by atoms with Crippen LogP contribution in [0.25, 0.3) is 22.2 Å². The molecule has 0 bridgehead atoms. The van der Waals surface area contributed by atoms with Gasteiger partial charge in [-0.15, -0.1) is 10.2 Å². The fourth-order valence-corrected chi connectivity index (χ4v) is 1.28. The number of hydrogen-bond acceptors (Lipinski definition) is 5. The number of pyridine rings is 1. The van der Waals surface area contributed by atoms with Gasteiger partial charge in [0.1, 0.15) is 11.8 Å². The maximum absolute atomic E-state index is 5.35. The Morgan fingerprint density at radius 2 is 2.31 bits per heavy atom. The molecule has 0 aliphatic carbocycles. The molecule has 0 atom stereocenters. The number of aromatic nitrogens is 4. The van der Waals surface area contributed by atoms with Gasteiger partial charge < -0.3 is 4.42 Å². The lowest BCUT2D eigenvalue weighted by atomic mass is 10.3. The van der Waals surface area contributed by atoms with E-state index in [2.05, 4.69) is 20.2 Å². The minimum Gasteiger partial charge on any atom is -0.434 e. The minimum absolute atomic E-state index is 0.450. The molecule has 5 heteroatoms. The van der Waals surface area contributed by atoms with Gasteiger partial charge in [-0.2, -0.15) is 0 Å². The van der Waals surface area contributed by atoms with Crippen LogP contribution < -0.4 is 0 Å². The van der Waals surface area contributed by atoms with E-state index in [1.807, 2.05) is 6.07 Å². The Kier molecular flexibility index (Phi) is 1.11. The number of fused-ring (bicyclic) bond motifs is 3. The van der Waals surface area contributed by atoms with Crippen LogP contribution in [0.15, 0.2) is 29.2 Å². The molecular weight excluding hydrogens is 168 g/mol. The summed E-state index contributed by atoms with van der Waals surface area (Å²) in [7, 11) is 0. The summed E-state index contributed by atoms with van der Waals surface area (Å²) in [4.78, 5) is 8.01. The van der Waals surface area contributed by atoms with Gasteiger partial charge in [-0.3, -0.25) is 4.98 Å². The van der Waals surface area contributed by atoms with Crippen molar-refractivity contribution < 1.29 is 4.42 Å². The third kappa shape index (κ3) is 0.807. The van der Waals surface area contributed by atoms with Crippen LogP contribution in [0, 0.1) is 0 Å². The Hall–Kier alpha value is -2.04. The lowest BCUT2D eigenvalue weighted by Gasteiger charge is -1.83. The Labute approximate surface area is 72.4 Å². The second kappa shape index (κ2) is 2.22. The molecule has 62 valence electrons. The molecule has 5 nitrogen and oxygen atoms in total. The first-order chi connectivity index (χ1) is 6.45. The smallest absolute Gasteiger partial charge is 0.265 e. The number of hydrogen-bond donors (Lipinski definition) is 0. The average Bonchev–Trinajstić information content (AvgIpc) is 2.56. The van der Waals surface area contributed by atoms with Crippen LogP contribution in [0.4, 0.5) is 0 Å². The molecule has 0 aliphatic heterocycles. The molecule has 0 saturated carbocycles. The van der Waals surface area contributed by atoms with Gasteiger partial charge in [0, 0.05) is 6.20 Å². The summed E-state index contributed by atoms with van der Waals surface area (Å²) in [5, 5.41) is 8.36. The molecule has 0 aliphatic rings. The summed E-state index contributed by atoms with van der Waals surface area (Å²) in [6.45, 7) is 0. The van der Waals surface area contributed by atoms with E-state index in [1.165, 1.54) is 6.33 Å². The first-order valence-corrected chi connectivity index (χ1v) is 3.75. The largest absolute Gasteiger partial charge is 0.434 e. The van der Waals surface area contributed by atoms with Gasteiger partial charge in [-0.05, 0) is 6.07 Å². The van der Waals surface area contributed by atoms with Crippen LogP contribution in [0.3, 0.4) is 0 Å². The quantitative estimate of drug-likeness (QED) is 0.509. The zero-order valence-electron chi connectivity index (χ0n) is 6.51. The second-order valence-corrected chi connectivity index (χ2v) is 2.59. The highest BCUT2D eigenvalue weighted by Crippen LogP contribution is 2.22. The summed E-state index contributed by atoms with van der Waals surface area (Å²) in [6, 6.07) is 1.84. The molecule has 0 spiro atoms. The molecule has 0 saturated heterocycles.